The highest BCUT2D eigenvalue weighted by molar-refractivity contribution is 6.15. The lowest BCUT2D eigenvalue weighted by Gasteiger charge is -2.36. The predicted molar refractivity (Wildman–Crippen MR) is 315 cm³/mol. The van der Waals surface area contributed by atoms with Crippen molar-refractivity contribution in [3.63, 3.8) is 0 Å². The van der Waals surface area contributed by atoms with E-state index in [4.69, 9.17) is 0 Å². The summed E-state index contributed by atoms with van der Waals surface area (Å²) in [5.41, 5.74) is -3.33. The molecule has 0 aromatic heterocycles. The molecule has 3 aromatic rings. The number of benzene rings is 3. The highest BCUT2D eigenvalue weighted by Gasteiger charge is 2.67. The summed E-state index contributed by atoms with van der Waals surface area (Å²) in [4.78, 5) is 196. The summed E-state index contributed by atoms with van der Waals surface area (Å²) in [7, 11) is 4.33. The van der Waals surface area contributed by atoms with Crippen molar-refractivity contribution < 1.29 is 57.5 Å². The standard InChI is InChI=1S/C64H79N11O12/c1-40(2)29-68-35-51(77)74-38-64(59(85)72(61(87)67(64)9)33-45-23-17-12-18-24-45)28-49(74)57(83)70(31-42(5)6)36-52(78)75-39-63(58(84)71(60(86)66(63)8)32-44-21-15-11-16-22-44)27-48(75)56(82)69(30-41(3)4)34-50(76)73-37-62(26-47(73)55(68)81)53(79)46(54(80)65(62)7)25-43-19-13-10-14-20-43/h10-24,40-42,46-49H,25-39H2,1-9H3/t46?,47-,48-,49-,62-,63-,64-/m0/s1. The number of urea groups is 2. The van der Waals surface area contributed by atoms with Crippen LogP contribution in [-0.4, -0.2) is 240 Å². The van der Waals surface area contributed by atoms with E-state index in [1.54, 1.807) is 84.9 Å². The Morgan fingerprint density at radius 1 is 0.402 bits per heavy atom. The number of imide groups is 2. The smallest absolute Gasteiger partial charge is 0.327 e. The Morgan fingerprint density at radius 2 is 0.713 bits per heavy atom. The van der Waals surface area contributed by atoms with Crippen molar-refractivity contribution >= 4 is 71.0 Å². The monoisotopic (exact) mass is 1190 g/mol. The second-order valence-electron chi connectivity index (χ2n) is 26.1. The fourth-order valence-electron chi connectivity index (χ4n) is 14.3. The van der Waals surface area contributed by atoms with E-state index in [2.05, 4.69) is 0 Å². The molecular weight excluding hydrogens is 1110 g/mol. The van der Waals surface area contributed by atoms with E-state index in [-0.39, 0.29) is 63.3 Å². The van der Waals surface area contributed by atoms with Crippen LogP contribution < -0.4 is 0 Å². The topological polar surface area (TPSA) is 240 Å². The van der Waals surface area contributed by atoms with Crippen LogP contribution in [0.5, 0.6) is 0 Å². The first kappa shape index (κ1) is 61.6. The lowest BCUT2D eigenvalue weighted by Crippen LogP contribution is -2.58. The van der Waals surface area contributed by atoms with Crippen LogP contribution in [0.3, 0.4) is 0 Å². The van der Waals surface area contributed by atoms with Crippen molar-refractivity contribution in [1.29, 1.82) is 0 Å². The van der Waals surface area contributed by atoms with Crippen LogP contribution in [0, 0.1) is 23.7 Å². The number of likely N-dealkylation sites (tertiary alicyclic amines) is 1. The van der Waals surface area contributed by atoms with Gasteiger partial charge >= 0.3 is 12.1 Å². The molecule has 0 N–H and O–H groups in total. The number of Topliss-reactive ketones (excluding diaryl/α,β-unsaturated/α-hetero) is 1. The molecule has 0 bridgehead atoms. The Balaban J connectivity index is 1.10. The molecule has 3 aromatic carbocycles. The Morgan fingerprint density at radius 3 is 1.05 bits per heavy atom. The van der Waals surface area contributed by atoms with Gasteiger partial charge < -0.3 is 44.1 Å². The number of hydrogen-bond donors (Lipinski definition) is 0. The number of hydrogen-bond acceptors (Lipinski definition) is 12. The van der Waals surface area contributed by atoms with Gasteiger partial charge in [-0.2, -0.15) is 0 Å². The van der Waals surface area contributed by atoms with E-state index in [0.717, 1.165) is 9.80 Å². The molecular formula is C64H79N11O12. The second kappa shape index (κ2) is 23.6. The number of carbonyl (C=O) groups excluding carboxylic acids is 12. The maximum absolute atomic E-state index is 15.8. The van der Waals surface area contributed by atoms with Crippen LogP contribution in [0.2, 0.25) is 0 Å². The quantitative estimate of drug-likeness (QED) is 0.188. The number of ketones is 1. The van der Waals surface area contributed by atoms with Crippen LogP contribution in [-0.2, 0) is 67.5 Å². The van der Waals surface area contributed by atoms with Crippen molar-refractivity contribution in [2.24, 2.45) is 23.7 Å². The summed E-state index contributed by atoms with van der Waals surface area (Å²) >= 11 is 0. The molecule has 462 valence electrons. The first-order valence-electron chi connectivity index (χ1n) is 30.1. The largest absolute Gasteiger partial charge is 0.331 e. The first-order valence-corrected chi connectivity index (χ1v) is 30.1. The highest BCUT2D eigenvalue weighted by atomic mass is 16.2. The minimum Gasteiger partial charge on any atom is -0.331 e. The minimum atomic E-state index is -1.80. The molecule has 0 saturated carbocycles. The molecule has 0 aliphatic carbocycles. The fraction of sp³-hybridized carbons (Fsp3) is 0.531. The molecule has 7 saturated heterocycles. The van der Waals surface area contributed by atoms with Gasteiger partial charge in [-0.1, -0.05) is 133 Å². The number of carbonyl (C=O) groups is 12. The molecule has 7 aliphatic heterocycles. The minimum absolute atomic E-state index is 0.0479. The third kappa shape index (κ3) is 10.9. The number of rotatable bonds is 12. The van der Waals surface area contributed by atoms with E-state index in [1.807, 2.05) is 47.6 Å². The van der Waals surface area contributed by atoms with Gasteiger partial charge in [-0.05, 0) is 40.9 Å². The van der Waals surface area contributed by atoms with Gasteiger partial charge in [0.15, 0.2) is 5.78 Å². The molecule has 7 fully saturated rings. The summed E-state index contributed by atoms with van der Waals surface area (Å²) in [6, 6.07) is 20.8. The fourth-order valence-corrected chi connectivity index (χ4v) is 14.3. The Labute approximate surface area is 507 Å². The van der Waals surface area contributed by atoms with Crippen molar-refractivity contribution in [3.8, 4) is 0 Å². The third-order valence-corrected chi connectivity index (χ3v) is 18.8. The Bertz CT molecular complexity index is 2950. The zero-order valence-corrected chi connectivity index (χ0v) is 51.1. The lowest BCUT2D eigenvalue weighted by atomic mass is 9.85. The Kier molecular flexibility index (Phi) is 16.7. The summed E-state index contributed by atoms with van der Waals surface area (Å²) in [5.74, 6) is -9.07. The maximum atomic E-state index is 15.8. The van der Waals surface area contributed by atoms with Crippen LogP contribution in [0.15, 0.2) is 91.0 Å². The van der Waals surface area contributed by atoms with Gasteiger partial charge in [-0.25, -0.2) is 9.59 Å². The van der Waals surface area contributed by atoms with Gasteiger partial charge in [-0.15, -0.1) is 0 Å². The molecule has 13 amide bonds. The van der Waals surface area contributed by atoms with Crippen molar-refractivity contribution in [1.82, 2.24) is 53.9 Å². The molecule has 7 heterocycles. The number of amides is 13. The first-order chi connectivity index (χ1) is 41.2. The summed E-state index contributed by atoms with van der Waals surface area (Å²) in [6.07, 6.45) is -1.12. The predicted octanol–water partition coefficient (Wildman–Crippen LogP) is 2.56. The number of likely N-dealkylation sites (N-methyl/N-ethyl adjacent to an activating group) is 3. The van der Waals surface area contributed by atoms with E-state index in [0.29, 0.717) is 16.7 Å². The summed E-state index contributed by atoms with van der Waals surface area (Å²) in [5, 5.41) is 0. The van der Waals surface area contributed by atoms with E-state index in [1.165, 1.54) is 65.2 Å². The maximum Gasteiger partial charge on any atom is 0.327 e. The van der Waals surface area contributed by atoms with Gasteiger partial charge in [0.25, 0.3) is 11.8 Å². The number of fused-ring (bicyclic) bond motifs is 3. The van der Waals surface area contributed by atoms with Crippen LogP contribution in [0.1, 0.15) is 77.5 Å². The van der Waals surface area contributed by atoms with Crippen molar-refractivity contribution in [2.75, 3.05) is 80.0 Å². The van der Waals surface area contributed by atoms with Gasteiger partial charge in [-0.3, -0.25) is 57.7 Å². The lowest BCUT2D eigenvalue weighted by molar-refractivity contribution is -0.154. The van der Waals surface area contributed by atoms with E-state index < -0.39 is 164 Å². The number of nitrogens with zero attached hydrogens (tertiary/aromatic N) is 11. The molecule has 0 radical (unpaired) electrons. The van der Waals surface area contributed by atoms with Crippen LogP contribution in [0.4, 0.5) is 9.59 Å². The average molecular weight is 1190 g/mol. The van der Waals surface area contributed by atoms with Crippen LogP contribution >= 0.6 is 0 Å². The SMILES string of the molecule is CC(C)CN1CC(=O)N2C[C@@]3(C[C@H]2C(=O)N(CC(C)C)CC(=O)N2C[C@@]4(C[C@H]2C(=O)N(CC(C)C)CC(=O)N2C[C@@]5(C[C@H]2C1=O)C(=O)C(Cc1ccccc1)C(=O)N5C)C(=O)N(Cc1ccccc1)C(=O)N4C)C(=O)N(Cc1ccccc1)C(=O)N3C. The normalized spacial score (nSPS) is 27.9. The molecule has 7 aliphatic rings. The molecule has 1 unspecified atom stereocenters. The van der Waals surface area contributed by atoms with E-state index in [9.17, 15) is 14.4 Å². The van der Waals surface area contributed by atoms with Crippen LogP contribution in [0.25, 0.3) is 0 Å². The van der Waals surface area contributed by atoms with Crippen molar-refractivity contribution in [2.45, 2.75) is 115 Å². The molecule has 87 heavy (non-hydrogen) atoms. The van der Waals surface area contributed by atoms with Gasteiger partial charge in [0.05, 0.1) is 52.4 Å². The molecule has 10 rings (SSSR count). The molecule has 7 atom stereocenters. The Hall–Kier alpha value is -8.50. The summed E-state index contributed by atoms with van der Waals surface area (Å²) < 4.78 is 0. The highest BCUT2D eigenvalue weighted by Crippen LogP contribution is 2.45. The zero-order chi connectivity index (χ0) is 62.8. The zero-order valence-electron chi connectivity index (χ0n) is 51.1. The van der Waals surface area contributed by atoms with E-state index >= 15 is 43.2 Å². The molecule has 23 heteroatoms. The van der Waals surface area contributed by atoms with Gasteiger partial charge in [0, 0.05) is 60.0 Å². The summed E-state index contributed by atoms with van der Waals surface area (Å²) in [6.45, 7) is 6.95. The van der Waals surface area contributed by atoms with Gasteiger partial charge in [0.1, 0.15) is 40.7 Å². The molecule has 3 spiro atoms. The molecule has 23 nitrogen and oxygen atoms in total. The third-order valence-electron chi connectivity index (χ3n) is 18.8. The van der Waals surface area contributed by atoms with Crippen molar-refractivity contribution in [3.05, 3.63) is 108 Å². The average Bonchev–Trinajstić information content (AvgIpc) is 1.59. The van der Waals surface area contributed by atoms with Gasteiger partial charge in [0.2, 0.25) is 41.4 Å². The second-order valence-corrected chi connectivity index (χ2v) is 26.1.